The Morgan fingerprint density at radius 3 is 2.90 bits per heavy atom. The number of nitrogens with two attached hydrogens (primary N) is 1. The van der Waals surface area contributed by atoms with Gasteiger partial charge in [0.05, 0.1) is 12.0 Å². The summed E-state index contributed by atoms with van der Waals surface area (Å²) in [6.07, 6.45) is 3.52. The standard InChI is InChI=1S/C16H20N4O/c17-14(10-20-7-3-4-8-20)15-18-16(21-19-15)13-9-11-5-1-2-6-12(11)13/h1-2,5-6,13-14H,3-4,7-10,17H2. The molecule has 2 aromatic rings. The molecule has 2 unspecified atom stereocenters. The van der Waals surface area contributed by atoms with Crippen molar-refractivity contribution in [1.82, 2.24) is 15.0 Å². The minimum Gasteiger partial charge on any atom is -0.339 e. The Kier molecular flexibility index (Phi) is 3.24. The quantitative estimate of drug-likeness (QED) is 0.928. The lowest BCUT2D eigenvalue weighted by Crippen LogP contribution is -2.30. The SMILES string of the molecule is NC(CN1CCCC1)c1noc(C2Cc3ccccc32)n1. The number of hydrogen-bond acceptors (Lipinski definition) is 5. The molecule has 1 aliphatic heterocycles. The van der Waals surface area contributed by atoms with E-state index in [0.717, 1.165) is 26.1 Å². The van der Waals surface area contributed by atoms with E-state index < -0.39 is 0 Å². The first-order valence-electron chi connectivity index (χ1n) is 7.70. The fraction of sp³-hybridized carbons (Fsp3) is 0.500. The van der Waals surface area contributed by atoms with Crippen LogP contribution in [-0.4, -0.2) is 34.7 Å². The minimum atomic E-state index is -0.157. The van der Waals surface area contributed by atoms with Gasteiger partial charge < -0.3 is 15.2 Å². The van der Waals surface area contributed by atoms with Gasteiger partial charge in [-0.3, -0.25) is 0 Å². The zero-order chi connectivity index (χ0) is 14.2. The van der Waals surface area contributed by atoms with Crippen molar-refractivity contribution in [2.75, 3.05) is 19.6 Å². The lowest BCUT2D eigenvalue weighted by atomic mass is 9.77. The molecule has 0 radical (unpaired) electrons. The highest BCUT2D eigenvalue weighted by Gasteiger charge is 2.32. The van der Waals surface area contributed by atoms with Gasteiger partial charge in [0.25, 0.3) is 0 Å². The minimum absolute atomic E-state index is 0.157. The number of likely N-dealkylation sites (tertiary alicyclic amines) is 1. The van der Waals surface area contributed by atoms with Crippen LogP contribution in [0.3, 0.4) is 0 Å². The summed E-state index contributed by atoms with van der Waals surface area (Å²) in [5.41, 5.74) is 8.90. The van der Waals surface area contributed by atoms with E-state index in [1.54, 1.807) is 0 Å². The molecule has 0 saturated carbocycles. The van der Waals surface area contributed by atoms with Crippen LogP contribution in [0.25, 0.3) is 0 Å². The third-order valence-corrected chi connectivity index (χ3v) is 4.60. The molecule has 1 fully saturated rings. The third kappa shape index (κ3) is 2.36. The van der Waals surface area contributed by atoms with E-state index in [2.05, 4.69) is 39.3 Å². The van der Waals surface area contributed by atoms with Crippen molar-refractivity contribution in [1.29, 1.82) is 0 Å². The first-order valence-corrected chi connectivity index (χ1v) is 7.70. The van der Waals surface area contributed by atoms with Crippen LogP contribution in [0.1, 0.15) is 47.6 Å². The second-order valence-corrected chi connectivity index (χ2v) is 6.06. The maximum Gasteiger partial charge on any atom is 0.234 e. The maximum atomic E-state index is 6.22. The van der Waals surface area contributed by atoms with Crippen molar-refractivity contribution in [2.24, 2.45) is 5.73 Å². The average Bonchev–Trinajstić information content (AvgIpc) is 3.11. The molecule has 21 heavy (non-hydrogen) atoms. The molecule has 5 heteroatoms. The topological polar surface area (TPSA) is 68.2 Å². The highest BCUT2D eigenvalue weighted by Crippen LogP contribution is 2.39. The Labute approximate surface area is 124 Å². The van der Waals surface area contributed by atoms with Crippen LogP contribution < -0.4 is 5.73 Å². The van der Waals surface area contributed by atoms with Crippen LogP contribution in [0, 0.1) is 0 Å². The second-order valence-electron chi connectivity index (χ2n) is 6.06. The number of hydrogen-bond donors (Lipinski definition) is 1. The largest absolute Gasteiger partial charge is 0.339 e. The molecule has 2 heterocycles. The molecular formula is C16H20N4O. The van der Waals surface area contributed by atoms with Crippen LogP contribution >= 0.6 is 0 Å². The van der Waals surface area contributed by atoms with Gasteiger partial charge >= 0.3 is 0 Å². The van der Waals surface area contributed by atoms with Crippen molar-refractivity contribution in [3.05, 3.63) is 47.1 Å². The van der Waals surface area contributed by atoms with Crippen molar-refractivity contribution in [3.8, 4) is 0 Å². The fourth-order valence-corrected chi connectivity index (χ4v) is 3.34. The molecule has 5 nitrogen and oxygen atoms in total. The first kappa shape index (κ1) is 13.0. The van der Waals surface area contributed by atoms with Gasteiger partial charge in [-0.1, -0.05) is 29.4 Å². The summed E-state index contributed by atoms with van der Waals surface area (Å²) in [5.74, 6) is 1.60. The van der Waals surface area contributed by atoms with Gasteiger partial charge in [-0.15, -0.1) is 0 Å². The van der Waals surface area contributed by atoms with E-state index in [4.69, 9.17) is 10.3 Å². The molecular weight excluding hydrogens is 264 g/mol. The van der Waals surface area contributed by atoms with Crippen LogP contribution in [0.4, 0.5) is 0 Å². The molecule has 1 aliphatic carbocycles. The van der Waals surface area contributed by atoms with Crippen LogP contribution in [0.5, 0.6) is 0 Å². The van der Waals surface area contributed by atoms with Crippen molar-refractivity contribution >= 4 is 0 Å². The molecule has 1 aromatic heterocycles. The predicted octanol–water partition coefficient (Wildman–Crippen LogP) is 1.85. The molecule has 1 aromatic carbocycles. The molecule has 1 saturated heterocycles. The summed E-state index contributed by atoms with van der Waals surface area (Å²) >= 11 is 0. The zero-order valence-electron chi connectivity index (χ0n) is 12.0. The summed E-state index contributed by atoms with van der Waals surface area (Å²) < 4.78 is 5.45. The van der Waals surface area contributed by atoms with Crippen LogP contribution in [0.15, 0.2) is 28.8 Å². The average molecular weight is 284 g/mol. The number of rotatable bonds is 4. The Morgan fingerprint density at radius 2 is 2.10 bits per heavy atom. The lowest BCUT2D eigenvalue weighted by molar-refractivity contribution is 0.303. The molecule has 4 rings (SSSR count). The Balaban J connectivity index is 1.46. The summed E-state index contributed by atoms with van der Waals surface area (Å²) in [6.45, 7) is 3.09. The normalized spacial score (nSPS) is 22.8. The number of benzene rings is 1. The van der Waals surface area contributed by atoms with Crippen molar-refractivity contribution in [3.63, 3.8) is 0 Å². The molecule has 2 aliphatic rings. The van der Waals surface area contributed by atoms with Gasteiger partial charge in [-0.05, 0) is 43.5 Å². The number of aromatic nitrogens is 2. The van der Waals surface area contributed by atoms with Gasteiger partial charge in [0.2, 0.25) is 5.89 Å². The Morgan fingerprint density at radius 1 is 1.29 bits per heavy atom. The van der Waals surface area contributed by atoms with Gasteiger partial charge in [0.15, 0.2) is 5.82 Å². The molecule has 0 spiro atoms. The third-order valence-electron chi connectivity index (χ3n) is 4.60. The van der Waals surface area contributed by atoms with E-state index in [1.165, 1.54) is 24.0 Å². The highest BCUT2D eigenvalue weighted by atomic mass is 16.5. The number of nitrogens with zero attached hydrogens (tertiary/aromatic N) is 3. The molecule has 110 valence electrons. The molecule has 0 bridgehead atoms. The maximum absolute atomic E-state index is 6.22. The lowest BCUT2D eigenvalue weighted by Gasteiger charge is -2.26. The Hall–Kier alpha value is -1.72. The number of fused-ring (bicyclic) bond motifs is 1. The van der Waals surface area contributed by atoms with Gasteiger partial charge in [0.1, 0.15) is 0 Å². The summed E-state index contributed by atoms with van der Waals surface area (Å²) in [4.78, 5) is 6.92. The smallest absolute Gasteiger partial charge is 0.234 e. The second kappa shape index (κ2) is 5.24. The first-order chi connectivity index (χ1) is 10.3. The van der Waals surface area contributed by atoms with Crippen LogP contribution in [-0.2, 0) is 6.42 Å². The van der Waals surface area contributed by atoms with E-state index >= 15 is 0 Å². The van der Waals surface area contributed by atoms with E-state index in [0.29, 0.717) is 11.7 Å². The van der Waals surface area contributed by atoms with E-state index in [-0.39, 0.29) is 12.0 Å². The van der Waals surface area contributed by atoms with Gasteiger partial charge in [-0.25, -0.2) is 0 Å². The molecule has 2 N–H and O–H groups in total. The zero-order valence-corrected chi connectivity index (χ0v) is 12.0. The van der Waals surface area contributed by atoms with Gasteiger partial charge in [0, 0.05) is 6.54 Å². The summed E-state index contributed by atoms with van der Waals surface area (Å²) in [7, 11) is 0. The Bertz CT molecular complexity index is 633. The predicted molar refractivity (Wildman–Crippen MR) is 78.9 cm³/mol. The fourth-order valence-electron chi connectivity index (χ4n) is 3.34. The monoisotopic (exact) mass is 284 g/mol. The highest BCUT2D eigenvalue weighted by molar-refractivity contribution is 5.43. The van der Waals surface area contributed by atoms with E-state index in [9.17, 15) is 0 Å². The summed E-state index contributed by atoms with van der Waals surface area (Å²) in [5, 5.41) is 4.10. The summed E-state index contributed by atoms with van der Waals surface area (Å²) in [6, 6.07) is 8.26. The van der Waals surface area contributed by atoms with Crippen LogP contribution in [0.2, 0.25) is 0 Å². The van der Waals surface area contributed by atoms with Gasteiger partial charge in [-0.2, -0.15) is 4.98 Å². The van der Waals surface area contributed by atoms with Crippen molar-refractivity contribution < 1.29 is 4.52 Å². The molecule has 2 atom stereocenters. The van der Waals surface area contributed by atoms with Crippen molar-refractivity contribution in [2.45, 2.75) is 31.2 Å². The van der Waals surface area contributed by atoms with E-state index in [1.807, 2.05) is 0 Å². The molecule has 0 amide bonds.